The normalized spacial score (nSPS) is 16.4. The minimum absolute atomic E-state index is 0.717. The van der Waals surface area contributed by atoms with Crippen LogP contribution in [0.2, 0.25) is 0 Å². The molecular formula is C14H17N5. The largest absolute Gasteiger partial charge is 0.294 e. The summed E-state index contributed by atoms with van der Waals surface area (Å²) in [6.45, 7) is 5.10. The standard InChI is InChI=1S/C14H17N5/c1-11-5-2-3-6-12(11)9-19-8-4-7-13(10-19)14-15-17-18-16-14/h2-3,5-7H,4,8-10H2,1H3,(H,15,16,17,18). The second-order valence-corrected chi connectivity index (χ2v) is 4.89. The van der Waals surface area contributed by atoms with E-state index in [-0.39, 0.29) is 0 Å². The fourth-order valence-corrected chi connectivity index (χ4v) is 2.43. The van der Waals surface area contributed by atoms with Gasteiger partial charge in [-0.2, -0.15) is 5.21 Å². The molecule has 0 unspecified atom stereocenters. The van der Waals surface area contributed by atoms with Gasteiger partial charge in [0, 0.05) is 25.2 Å². The van der Waals surface area contributed by atoms with Gasteiger partial charge in [0.2, 0.25) is 5.82 Å². The van der Waals surface area contributed by atoms with Gasteiger partial charge in [0.15, 0.2) is 0 Å². The molecule has 0 amide bonds. The number of aromatic nitrogens is 4. The molecule has 0 bridgehead atoms. The van der Waals surface area contributed by atoms with Crippen molar-refractivity contribution in [2.75, 3.05) is 13.1 Å². The van der Waals surface area contributed by atoms with Crippen molar-refractivity contribution >= 4 is 5.57 Å². The van der Waals surface area contributed by atoms with E-state index in [0.29, 0.717) is 0 Å². The second kappa shape index (κ2) is 5.32. The number of rotatable bonds is 3. The Morgan fingerprint density at radius 3 is 3.00 bits per heavy atom. The molecule has 0 fully saturated rings. The number of tetrazole rings is 1. The van der Waals surface area contributed by atoms with Crippen LogP contribution in [-0.2, 0) is 6.54 Å². The van der Waals surface area contributed by atoms with Gasteiger partial charge in [0.25, 0.3) is 0 Å². The van der Waals surface area contributed by atoms with Crippen LogP contribution in [0, 0.1) is 6.92 Å². The second-order valence-electron chi connectivity index (χ2n) is 4.89. The van der Waals surface area contributed by atoms with Crippen molar-refractivity contribution in [3.8, 4) is 0 Å². The van der Waals surface area contributed by atoms with Crippen molar-refractivity contribution in [1.29, 1.82) is 0 Å². The number of aryl methyl sites for hydroxylation is 1. The Morgan fingerprint density at radius 1 is 1.32 bits per heavy atom. The molecule has 5 heteroatoms. The van der Waals surface area contributed by atoms with E-state index >= 15 is 0 Å². The van der Waals surface area contributed by atoms with Crippen molar-refractivity contribution in [3.63, 3.8) is 0 Å². The van der Waals surface area contributed by atoms with Gasteiger partial charge in [-0.15, -0.1) is 10.2 Å². The molecule has 1 aromatic carbocycles. The number of aromatic amines is 1. The fraction of sp³-hybridized carbons (Fsp3) is 0.357. The van der Waals surface area contributed by atoms with Gasteiger partial charge in [0.1, 0.15) is 0 Å². The van der Waals surface area contributed by atoms with E-state index in [1.807, 2.05) is 0 Å². The van der Waals surface area contributed by atoms with Crippen molar-refractivity contribution in [1.82, 2.24) is 25.5 Å². The Balaban J connectivity index is 1.71. The first kappa shape index (κ1) is 12.0. The number of nitrogens with zero attached hydrogens (tertiary/aromatic N) is 4. The van der Waals surface area contributed by atoms with Gasteiger partial charge in [0.05, 0.1) is 0 Å². The van der Waals surface area contributed by atoms with Crippen LogP contribution in [-0.4, -0.2) is 38.6 Å². The van der Waals surface area contributed by atoms with E-state index in [9.17, 15) is 0 Å². The maximum atomic E-state index is 4.06. The quantitative estimate of drug-likeness (QED) is 0.908. The lowest BCUT2D eigenvalue weighted by Crippen LogP contribution is -2.29. The molecular weight excluding hydrogens is 238 g/mol. The Morgan fingerprint density at radius 2 is 2.21 bits per heavy atom. The van der Waals surface area contributed by atoms with Crippen molar-refractivity contribution in [2.24, 2.45) is 0 Å². The summed E-state index contributed by atoms with van der Waals surface area (Å²) in [5.74, 6) is 0.717. The summed E-state index contributed by atoms with van der Waals surface area (Å²) in [5.41, 5.74) is 3.89. The molecule has 98 valence electrons. The maximum absolute atomic E-state index is 4.06. The van der Waals surface area contributed by atoms with Gasteiger partial charge in [-0.25, -0.2) is 0 Å². The van der Waals surface area contributed by atoms with E-state index in [2.05, 4.69) is 62.8 Å². The Kier molecular flexibility index (Phi) is 3.37. The first-order chi connectivity index (χ1) is 9.33. The Labute approximate surface area is 112 Å². The molecule has 19 heavy (non-hydrogen) atoms. The molecule has 0 saturated heterocycles. The molecule has 1 aromatic heterocycles. The van der Waals surface area contributed by atoms with Crippen LogP contribution >= 0.6 is 0 Å². The lowest BCUT2D eigenvalue weighted by molar-refractivity contribution is 0.295. The number of H-pyrrole nitrogens is 1. The van der Waals surface area contributed by atoms with Crippen LogP contribution in [0.3, 0.4) is 0 Å². The number of hydrogen-bond acceptors (Lipinski definition) is 4. The van der Waals surface area contributed by atoms with E-state index in [4.69, 9.17) is 0 Å². The highest BCUT2D eigenvalue weighted by atomic mass is 15.5. The summed E-state index contributed by atoms with van der Waals surface area (Å²) >= 11 is 0. The monoisotopic (exact) mass is 255 g/mol. The van der Waals surface area contributed by atoms with Crippen LogP contribution in [0.15, 0.2) is 30.3 Å². The van der Waals surface area contributed by atoms with E-state index < -0.39 is 0 Å². The third-order valence-corrected chi connectivity index (χ3v) is 3.52. The summed E-state index contributed by atoms with van der Waals surface area (Å²) in [6.07, 6.45) is 3.24. The zero-order valence-electron chi connectivity index (χ0n) is 11.0. The molecule has 1 aliphatic heterocycles. The van der Waals surface area contributed by atoms with Crippen LogP contribution in [0.25, 0.3) is 5.57 Å². The Hall–Kier alpha value is -2.01. The molecule has 0 spiro atoms. The van der Waals surface area contributed by atoms with Gasteiger partial charge >= 0.3 is 0 Å². The highest BCUT2D eigenvalue weighted by Crippen LogP contribution is 2.19. The zero-order valence-corrected chi connectivity index (χ0v) is 11.0. The zero-order chi connectivity index (χ0) is 13.1. The lowest BCUT2D eigenvalue weighted by Gasteiger charge is -2.26. The number of benzene rings is 1. The average molecular weight is 255 g/mol. The van der Waals surface area contributed by atoms with Crippen LogP contribution in [0.5, 0.6) is 0 Å². The molecule has 0 atom stereocenters. The van der Waals surface area contributed by atoms with E-state index in [1.165, 1.54) is 11.1 Å². The molecule has 2 heterocycles. The van der Waals surface area contributed by atoms with E-state index in [1.54, 1.807) is 0 Å². The van der Waals surface area contributed by atoms with Gasteiger partial charge < -0.3 is 0 Å². The molecule has 1 aliphatic rings. The molecule has 5 nitrogen and oxygen atoms in total. The minimum atomic E-state index is 0.717. The number of nitrogens with one attached hydrogen (secondary N) is 1. The smallest absolute Gasteiger partial charge is 0.201 e. The maximum Gasteiger partial charge on any atom is 0.201 e. The van der Waals surface area contributed by atoms with E-state index in [0.717, 1.165) is 37.5 Å². The summed E-state index contributed by atoms with van der Waals surface area (Å²) in [7, 11) is 0. The van der Waals surface area contributed by atoms with Crippen LogP contribution in [0.1, 0.15) is 23.4 Å². The highest BCUT2D eigenvalue weighted by molar-refractivity contribution is 5.61. The molecule has 0 saturated carbocycles. The fourth-order valence-electron chi connectivity index (χ4n) is 2.43. The van der Waals surface area contributed by atoms with Crippen LogP contribution < -0.4 is 0 Å². The minimum Gasteiger partial charge on any atom is -0.294 e. The summed E-state index contributed by atoms with van der Waals surface area (Å²) in [4.78, 5) is 2.42. The van der Waals surface area contributed by atoms with Gasteiger partial charge in [-0.1, -0.05) is 30.3 Å². The first-order valence-corrected chi connectivity index (χ1v) is 6.52. The molecule has 0 aliphatic carbocycles. The highest BCUT2D eigenvalue weighted by Gasteiger charge is 2.17. The van der Waals surface area contributed by atoms with Crippen molar-refractivity contribution in [3.05, 3.63) is 47.3 Å². The van der Waals surface area contributed by atoms with Gasteiger partial charge in [-0.3, -0.25) is 4.90 Å². The summed E-state index contributed by atoms with van der Waals surface area (Å²) in [5, 5.41) is 14.2. The third-order valence-electron chi connectivity index (χ3n) is 3.52. The summed E-state index contributed by atoms with van der Waals surface area (Å²) < 4.78 is 0. The predicted octanol–water partition coefficient (Wildman–Crippen LogP) is 1.80. The van der Waals surface area contributed by atoms with Crippen molar-refractivity contribution in [2.45, 2.75) is 19.9 Å². The first-order valence-electron chi connectivity index (χ1n) is 6.52. The molecule has 0 radical (unpaired) electrons. The third kappa shape index (κ3) is 2.71. The Bertz CT molecular complexity index is 573. The lowest BCUT2D eigenvalue weighted by atomic mass is 10.1. The molecule has 2 aromatic rings. The number of hydrogen-bond donors (Lipinski definition) is 1. The molecule has 1 N–H and O–H groups in total. The van der Waals surface area contributed by atoms with Crippen LogP contribution in [0.4, 0.5) is 0 Å². The van der Waals surface area contributed by atoms with Gasteiger partial charge in [-0.05, 0) is 29.7 Å². The van der Waals surface area contributed by atoms with Crippen molar-refractivity contribution < 1.29 is 0 Å². The predicted molar refractivity (Wildman–Crippen MR) is 73.2 cm³/mol. The molecule has 3 rings (SSSR count). The SMILES string of the molecule is Cc1ccccc1CN1CCC=C(c2nn[nH]n2)C1. The topological polar surface area (TPSA) is 57.7 Å². The summed E-state index contributed by atoms with van der Waals surface area (Å²) in [6, 6.07) is 8.54. The average Bonchev–Trinajstić information content (AvgIpc) is 2.96.